The Morgan fingerprint density at radius 3 is 3.12 bits per heavy atom. The fourth-order valence-corrected chi connectivity index (χ4v) is 2.92. The van der Waals surface area contributed by atoms with E-state index >= 15 is 0 Å². The van der Waals surface area contributed by atoms with E-state index in [-0.39, 0.29) is 11.6 Å². The molecule has 6 heteroatoms. The molecule has 0 amide bonds. The molecule has 0 radical (unpaired) electrons. The van der Waals surface area contributed by atoms with Crippen LogP contribution in [0, 0.1) is 4.77 Å². The molecular weight excluding hydrogens is 256 g/mol. The molecule has 4 nitrogen and oxygen atoms in total. The number of ether oxygens (including phenoxy) is 1. The first-order valence-corrected chi connectivity index (χ1v) is 6.73. The van der Waals surface area contributed by atoms with Crippen molar-refractivity contribution in [2.45, 2.75) is 19.9 Å². The quantitative estimate of drug-likeness (QED) is 0.869. The monoisotopic (exact) mass is 270 g/mol. The number of thiophene rings is 1. The van der Waals surface area contributed by atoms with E-state index in [0.29, 0.717) is 23.4 Å². The maximum atomic E-state index is 12.2. The van der Waals surface area contributed by atoms with Crippen LogP contribution in [-0.2, 0) is 4.74 Å². The first kappa shape index (κ1) is 12.5. The molecule has 0 bridgehead atoms. The average molecular weight is 270 g/mol. The molecule has 2 aromatic rings. The van der Waals surface area contributed by atoms with E-state index in [1.54, 1.807) is 4.57 Å². The van der Waals surface area contributed by atoms with Gasteiger partial charge in [-0.05, 0) is 37.5 Å². The fraction of sp³-hybridized carbons (Fsp3) is 0.455. The lowest BCUT2D eigenvalue weighted by Crippen LogP contribution is -2.27. The molecule has 1 unspecified atom stereocenters. The highest BCUT2D eigenvalue weighted by molar-refractivity contribution is 7.71. The number of aromatic nitrogens is 2. The van der Waals surface area contributed by atoms with E-state index in [1.807, 2.05) is 25.3 Å². The first-order valence-electron chi connectivity index (χ1n) is 5.45. The number of H-pyrrole nitrogens is 1. The SMILES string of the molecule is CCOCC(C)n1c(=S)[nH]c2sccc2c1=O. The van der Waals surface area contributed by atoms with E-state index in [9.17, 15) is 4.79 Å². The molecule has 0 saturated heterocycles. The topological polar surface area (TPSA) is 47.0 Å². The van der Waals surface area contributed by atoms with Crippen molar-refractivity contribution >= 4 is 33.8 Å². The number of fused-ring (bicyclic) bond motifs is 1. The van der Waals surface area contributed by atoms with Crippen LogP contribution in [0.1, 0.15) is 19.9 Å². The van der Waals surface area contributed by atoms with Gasteiger partial charge in [0.15, 0.2) is 4.77 Å². The van der Waals surface area contributed by atoms with Crippen molar-refractivity contribution in [2.24, 2.45) is 0 Å². The average Bonchev–Trinajstić information content (AvgIpc) is 2.74. The molecular formula is C11H14N2O2S2. The predicted octanol–water partition coefficient (Wildman–Crippen LogP) is 2.72. The number of nitrogens with zero attached hydrogens (tertiary/aromatic N) is 1. The van der Waals surface area contributed by atoms with Crippen molar-refractivity contribution in [2.75, 3.05) is 13.2 Å². The molecule has 0 aliphatic heterocycles. The van der Waals surface area contributed by atoms with Crippen molar-refractivity contribution in [3.63, 3.8) is 0 Å². The molecule has 0 saturated carbocycles. The maximum absolute atomic E-state index is 12.2. The lowest BCUT2D eigenvalue weighted by molar-refractivity contribution is 0.117. The first-order chi connectivity index (χ1) is 8.15. The molecule has 1 atom stereocenters. The summed E-state index contributed by atoms with van der Waals surface area (Å²) >= 11 is 6.71. The summed E-state index contributed by atoms with van der Waals surface area (Å²) < 4.78 is 7.38. The van der Waals surface area contributed by atoms with Gasteiger partial charge in [0.1, 0.15) is 4.83 Å². The summed E-state index contributed by atoms with van der Waals surface area (Å²) in [5, 5.41) is 2.57. The Balaban J connectivity index is 2.53. The van der Waals surface area contributed by atoms with Gasteiger partial charge >= 0.3 is 0 Å². The van der Waals surface area contributed by atoms with E-state index in [0.717, 1.165) is 4.83 Å². The van der Waals surface area contributed by atoms with Gasteiger partial charge in [0.2, 0.25) is 0 Å². The minimum Gasteiger partial charge on any atom is -0.380 e. The predicted molar refractivity (Wildman–Crippen MR) is 72.5 cm³/mol. The fourth-order valence-electron chi connectivity index (χ4n) is 1.72. The van der Waals surface area contributed by atoms with Gasteiger partial charge in [-0.25, -0.2) is 0 Å². The van der Waals surface area contributed by atoms with Gasteiger partial charge in [0.25, 0.3) is 5.56 Å². The smallest absolute Gasteiger partial charge is 0.263 e. The zero-order valence-corrected chi connectivity index (χ0v) is 11.4. The number of hydrogen-bond acceptors (Lipinski definition) is 4. The zero-order chi connectivity index (χ0) is 12.4. The Kier molecular flexibility index (Phi) is 3.76. The van der Waals surface area contributed by atoms with Gasteiger partial charge in [-0.2, -0.15) is 0 Å². The van der Waals surface area contributed by atoms with Crippen molar-refractivity contribution < 1.29 is 4.74 Å². The van der Waals surface area contributed by atoms with Gasteiger partial charge in [-0.1, -0.05) is 0 Å². The van der Waals surface area contributed by atoms with Crippen LogP contribution in [0.4, 0.5) is 0 Å². The van der Waals surface area contributed by atoms with Crippen LogP contribution in [0.25, 0.3) is 10.2 Å². The maximum Gasteiger partial charge on any atom is 0.263 e. The summed E-state index contributed by atoms with van der Waals surface area (Å²) in [4.78, 5) is 16.2. The molecule has 0 spiro atoms. The highest BCUT2D eigenvalue weighted by Gasteiger charge is 2.12. The third kappa shape index (κ3) is 2.34. The summed E-state index contributed by atoms with van der Waals surface area (Å²) in [7, 11) is 0. The number of nitrogens with one attached hydrogen (secondary N) is 1. The second kappa shape index (κ2) is 5.12. The summed E-state index contributed by atoms with van der Waals surface area (Å²) in [6.45, 7) is 4.98. The second-order valence-electron chi connectivity index (χ2n) is 3.78. The second-order valence-corrected chi connectivity index (χ2v) is 5.08. The van der Waals surface area contributed by atoms with E-state index in [1.165, 1.54) is 11.3 Å². The molecule has 0 aliphatic rings. The van der Waals surface area contributed by atoms with Crippen LogP contribution in [0.5, 0.6) is 0 Å². The van der Waals surface area contributed by atoms with Crippen LogP contribution in [0.3, 0.4) is 0 Å². The zero-order valence-electron chi connectivity index (χ0n) is 9.73. The molecule has 92 valence electrons. The molecule has 2 heterocycles. The molecule has 1 N–H and O–H groups in total. The molecule has 17 heavy (non-hydrogen) atoms. The normalized spacial score (nSPS) is 13.1. The summed E-state index contributed by atoms with van der Waals surface area (Å²) in [5.74, 6) is 0. The lowest BCUT2D eigenvalue weighted by Gasteiger charge is -2.14. The molecule has 2 aromatic heterocycles. The van der Waals surface area contributed by atoms with Crippen molar-refractivity contribution in [3.05, 3.63) is 26.6 Å². The Labute approximate surface area is 108 Å². The van der Waals surface area contributed by atoms with Crippen LogP contribution in [0.15, 0.2) is 16.2 Å². The summed E-state index contributed by atoms with van der Waals surface area (Å²) in [6.07, 6.45) is 0. The molecule has 2 rings (SSSR count). The number of aromatic amines is 1. The Morgan fingerprint density at radius 2 is 2.41 bits per heavy atom. The minimum atomic E-state index is -0.0597. The Morgan fingerprint density at radius 1 is 1.65 bits per heavy atom. The number of rotatable bonds is 4. The molecule has 0 aliphatic carbocycles. The third-order valence-corrected chi connectivity index (χ3v) is 3.69. The van der Waals surface area contributed by atoms with Crippen LogP contribution in [0.2, 0.25) is 0 Å². The van der Waals surface area contributed by atoms with Crippen molar-refractivity contribution in [1.29, 1.82) is 0 Å². The molecule has 0 aromatic carbocycles. The van der Waals surface area contributed by atoms with Crippen LogP contribution < -0.4 is 5.56 Å². The van der Waals surface area contributed by atoms with Gasteiger partial charge in [0.05, 0.1) is 18.0 Å². The summed E-state index contributed by atoms with van der Waals surface area (Å²) in [5.41, 5.74) is -0.0443. The van der Waals surface area contributed by atoms with E-state index in [4.69, 9.17) is 17.0 Å². The van der Waals surface area contributed by atoms with Crippen LogP contribution >= 0.6 is 23.6 Å². The van der Waals surface area contributed by atoms with Gasteiger partial charge in [-0.15, -0.1) is 11.3 Å². The Hall–Kier alpha value is -0.980. The van der Waals surface area contributed by atoms with E-state index < -0.39 is 0 Å². The Bertz CT molecular complexity index is 626. The third-order valence-electron chi connectivity index (χ3n) is 2.56. The minimum absolute atomic E-state index is 0.0443. The lowest BCUT2D eigenvalue weighted by atomic mass is 10.3. The number of hydrogen-bond donors (Lipinski definition) is 1. The van der Waals surface area contributed by atoms with Gasteiger partial charge in [0, 0.05) is 6.61 Å². The van der Waals surface area contributed by atoms with E-state index in [2.05, 4.69) is 4.98 Å². The molecule has 0 fully saturated rings. The van der Waals surface area contributed by atoms with Crippen molar-refractivity contribution in [3.8, 4) is 0 Å². The largest absolute Gasteiger partial charge is 0.380 e. The van der Waals surface area contributed by atoms with Crippen LogP contribution in [-0.4, -0.2) is 22.8 Å². The van der Waals surface area contributed by atoms with Gasteiger partial charge in [-0.3, -0.25) is 9.36 Å². The highest BCUT2D eigenvalue weighted by Crippen LogP contribution is 2.15. The standard InChI is InChI=1S/C11H14N2O2S2/c1-3-15-6-7(2)13-10(14)8-4-5-17-9(8)12-11(13)16/h4-5,7H,3,6H2,1-2H3,(H,12,16). The van der Waals surface area contributed by atoms with Crippen molar-refractivity contribution in [1.82, 2.24) is 9.55 Å². The highest BCUT2D eigenvalue weighted by atomic mass is 32.1. The summed E-state index contributed by atoms with van der Waals surface area (Å²) in [6, 6.07) is 1.76. The van der Waals surface area contributed by atoms with Gasteiger partial charge < -0.3 is 9.72 Å².